The third-order valence-corrected chi connectivity index (χ3v) is 3.37. The van der Waals surface area contributed by atoms with Crippen LogP contribution in [0.4, 0.5) is 5.69 Å². The first-order valence-corrected chi connectivity index (χ1v) is 7.26. The number of hydrogen-bond donors (Lipinski definition) is 1. The van der Waals surface area contributed by atoms with E-state index in [0.717, 1.165) is 6.20 Å². The predicted octanol–water partition coefficient (Wildman–Crippen LogP) is 3.26. The topological polar surface area (TPSA) is 83.4 Å². The van der Waals surface area contributed by atoms with E-state index in [1.807, 2.05) is 18.2 Å². The fourth-order valence-corrected chi connectivity index (χ4v) is 2.07. The van der Waals surface area contributed by atoms with Crippen molar-refractivity contribution in [1.29, 1.82) is 0 Å². The van der Waals surface area contributed by atoms with Crippen LogP contribution in [-0.2, 0) is 9.63 Å². The molecule has 1 heterocycles. The third kappa shape index (κ3) is 3.48. The number of nitrogens with zero attached hydrogens (tertiary/aromatic N) is 3. The molecule has 0 bridgehead atoms. The van der Waals surface area contributed by atoms with Crippen molar-refractivity contribution in [3.05, 3.63) is 77.1 Å². The van der Waals surface area contributed by atoms with Crippen LogP contribution in [-0.4, -0.2) is 11.9 Å². The number of hydrogen-bond acceptors (Lipinski definition) is 6. The van der Waals surface area contributed by atoms with Gasteiger partial charge in [0.1, 0.15) is 0 Å². The molecule has 0 radical (unpaired) electrons. The maximum Gasteiger partial charge on any atom is 0.378 e. The Balaban J connectivity index is 1.77. The number of benzene rings is 2. The zero-order valence-corrected chi connectivity index (χ0v) is 13.0. The molecule has 24 heavy (non-hydrogen) atoms. The van der Waals surface area contributed by atoms with Crippen molar-refractivity contribution < 1.29 is 14.4 Å². The van der Waals surface area contributed by atoms with E-state index in [1.165, 1.54) is 5.01 Å². The lowest BCUT2D eigenvalue weighted by molar-refractivity contribution is -0.140. The molecule has 1 fully saturated rings. The average molecular weight is 343 g/mol. The highest BCUT2D eigenvalue weighted by Crippen LogP contribution is 2.21. The van der Waals surface area contributed by atoms with E-state index < -0.39 is 11.9 Å². The van der Waals surface area contributed by atoms with Gasteiger partial charge < -0.3 is 4.84 Å². The first-order valence-electron chi connectivity index (χ1n) is 6.88. The lowest BCUT2D eigenvalue weighted by Gasteiger charge is -2.14. The molecule has 2 aromatic rings. The predicted molar refractivity (Wildman–Crippen MR) is 86.9 cm³/mol. The number of carbonyl (C=O) groups is 2. The summed E-state index contributed by atoms with van der Waals surface area (Å²) >= 11 is 5.76. The third-order valence-electron chi connectivity index (χ3n) is 3.11. The smallest absolute Gasteiger partial charge is 0.345 e. The van der Waals surface area contributed by atoms with Crippen molar-refractivity contribution in [3.63, 3.8) is 0 Å². The Labute approximate surface area is 142 Å². The molecule has 120 valence electrons. The zero-order chi connectivity index (χ0) is 16.9. The monoisotopic (exact) mass is 342 g/mol. The Bertz CT molecular complexity index is 819. The molecule has 0 saturated carbocycles. The number of hydrazine groups is 1. The molecule has 0 atom stereocenters. The van der Waals surface area contributed by atoms with Gasteiger partial charge in [0, 0.05) is 10.6 Å². The van der Waals surface area contributed by atoms with E-state index in [1.54, 1.807) is 36.4 Å². The van der Waals surface area contributed by atoms with E-state index in [9.17, 15) is 9.59 Å². The summed E-state index contributed by atoms with van der Waals surface area (Å²) in [5.41, 5.74) is 3.58. The van der Waals surface area contributed by atoms with Crippen LogP contribution in [0.5, 0.6) is 0 Å². The van der Waals surface area contributed by atoms with Crippen molar-refractivity contribution in [1.82, 2.24) is 5.59 Å². The van der Waals surface area contributed by atoms with Gasteiger partial charge in [0.05, 0.1) is 11.9 Å². The molecule has 1 aliphatic rings. The summed E-state index contributed by atoms with van der Waals surface area (Å²) in [7, 11) is 0. The molecular weight excluding hydrogens is 332 g/mol. The summed E-state index contributed by atoms with van der Waals surface area (Å²) in [6.07, 6.45) is 1.16. The molecule has 0 spiro atoms. The minimum atomic E-state index is -0.628. The lowest BCUT2D eigenvalue weighted by Crippen LogP contribution is -2.28. The highest BCUT2D eigenvalue weighted by atomic mass is 35.5. The van der Waals surface area contributed by atoms with Crippen molar-refractivity contribution in [2.75, 3.05) is 5.01 Å². The summed E-state index contributed by atoms with van der Waals surface area (Å²) < 4.78 is 0. The van der Waals surface area contributed by atoms with Crippen molar-refractivity contribution in [2.24, 2.45) is 10.2 Å². The first kappa shape index (κ1) is 15.9. The molecule has 0 aromatic heterocycles. The van der Waals surface area contributed by atoms with Crippen LogP contribution < -0.4 is 10.6 Å². The van der Waals surface area contributed by atoms with Gasteiger partial charge in [0.25, 0.3) is 5.91 Å². The van der Waals surface area contributed by atoms with Gasteiger partial charge in [-0.3, -0.25) is 4.79 Å². The quantitative estimate of drug-likeness (QED) is 0.683. The van der Waals surface area contributed by atoms with Gasteiger partial charge in [-0.1, -0.05) is 35.4 Å². The number of amides is 1. The normalized spacial score (nSPS) is 16.0. The van der Waals surface area contributed by atoms with Gasteiger partial charge in [-0.05, 0) is 36.4 Å². The minimum absolute atomic E-state index is 0.105. The highest BCUT2D eigenvalue weighted by Gasteiger charge is 2.29. The number of para-hydroxylation sites is 1. The van der Waals surface area contributed by atoms with Crippen LogP contribution >= 0.6 is 11.6 Å². The molecule has 0 aliphatic carbocycles. The molecule has 1 aliphatic heterocycles. The van der Waals surface area contributed by atoms with Crippen molar-refractivity contribution in [3.8, 4) is 0 Å². The van der Waals surface area contributed by atoms with Gasteiger partial charge >= 0.3 is 5.97 Å². The molecule has 8 heteroatoms. The van der Waals surface area contributed by atoms with Gasteiger partial charge in [-0.2, -0.15) is 5.11 Å². The molecule has 3 rings (SSSR count). The second-order valence-corrected chi connectivity index (χ2v) is 5.13. The zero-order valence-electron chi connectivity index (χ0n) is 12.2. The fraction of sp³-hybridized carbons (Fsp3) is 0. The molecule has 1 N–H and O–H groups in total. The summed E-state index contributed by atoms with van der Waals surface area (Å²) in [6.45, 7) is 0. The largest absolute Gasteiger partial charge is 0.378 e. The Morgan fingerprint density at radius 3 is 2.54 bits per heavy atom. The van der Waals surface area contributed by atoms with Crippen molar-refractivity contribution in [2.45, 2.75) is 0 Å². The Hall–Kier alpha value is -3.03. The second kappa shape index (κ2) is 7.03. The van der Waals surface area contributed by atoms with Crippen LogP contribution in [0, 0.1) is 0 Å². The molecule has 2 aromatic carbocycles. The number of carbonyl (C=O) groups excluding carboxylic acids is 2. The Morgan fingerprint density at radius 2 is 1.83 bits per heavy atom. The molecule has 7 nitrogen and oxygen atoms in total. The molecule has 1 amide bonds. The summed E-state index contributed by atoms with van der Waals surface area (Å²) in [5, 5.41) is 9.15. The van der Waals surface area contributed by atoms with Gasteiger partial charge in [-0.25, -0.2) is 9.80 Å². The van der Waals surface area contributed by atoms with Crippen LogP contribution in [0.25, 0.3) is 0 Å². The first-order chi connectivity index (χ1) is 11.6. The van der Waals surface area contributed by atoms with Gasteiger partial charge in [0.15, 0.2) is 5.70 Å². The number of nitrogens with one attached hydrogen (secondary N) is 1. The Kier molecular flexibility index (Phi) is 4.64. The lowest BCUT2D eigenvalue weighted by atomic mass is 10.2. The fourth-order valence-electron chi connectivity index (χ4n) is 1.95. The summed E-state index contributed by atoms with van der Waals surface area (Å²) in [4.78, 5) is 28.4. The summed E-state index contributed by atoms with van der Waals surface area (Å²) in [5.74, 6) is -1.18. The van der Waals surface area contributed by atoms with Crippen LogP contribution in [0.15, 0.2) is 76.7 Å². The minimum Gasteiger partial charge on any atom is -0.345 e. The molecule has 1 saturated heterocycles. The molecular formula is C16H11ClN4O3. The Morgan fingerprint density at radius 1 is 1.12 bits per heavy atom. The standard InChI is InChI=1S/C16H11ClN4O3/c17-12-8-6-11(7-9-12)15(22)19-18-10-14-16(23)24-20-21(14)13-4-2-1-3-5-13/h1-10,20H/b14-10+,19-18?. The van der Waals surface area contributed by atoms with Crippen LogP contribution in [0.3, 0.4) is 0 Å². The van der Waals surface area contributed by atoms with E-state index in [0.29, 0.717) is 16.3 Å². The SMILES string of the molecule is O=C1ONN(c2ccccc2)/C1=C/N=NC(=O)c1ccc(Cl)cc1. The van der Waals surface area contributed by atoms with Crippen LogP contribution in [0.2, 0.25) is 5.02 Å². The number of halogens is 1. The maximum atomic E-state index is 11.9. The highest BCUT2D eigenvalue weighted by molar-refractivity contribution is 6.30. The van der Waals surface area contributed by atoms with E-state index in [-0.39, 0.29) is 5.70 Å². The van der Waals surface area contributed by atoms with E-state index in [4.69, 9.17) is 16.4 Å². The van der Waals surface area contributed by atoms with Crippen molar-refractivity contribution >= 4 is 29.2 Å². The number of azo groups is 1. The molecule has 0 unspecified atom stereocenters. The van der Waals surface area contributed by atoms with E-state index in [2.05, 4.69) is 15.8 Å². The average Bonchev–Trinajstić information content (AvgIpc) is 2.97. The maximum absolute atomic E-state index is 11.9. The van der Waals surface area contributed by atoms with Gasteiger partial charge in [-0.15, -0.1) is 5.11 Å². The van der Waals surface area contributed by atoms with Crippen LogP contribution in [0.1, 0.15) is 10.4 Å². The summed E-state index contributed by atoms with van der Waals surface area (Å²) in [6, 6.07) is 15.3. The van der Waals surface area contributed by atoms with Gasteiger partial charge in [0.2, 0.25) is 0 Å². The number of rotatable bonds is 3. The number of anilines is 1. The second-order valence-electron chi connectivity index (χ2n) is 4.69. The van der Waals surface area contributed by atoms with E-state index >= 15 is 0 Å².